The van der Waals surface area contributed by atoms with Gasteiger partial charge in [-0.3, -0.25) is 4.98 Å². The first kappa shape index (κ1) is 12.9. The number of fused-ring (bicyclic) bond motifs is 3. The lowest BCUT2D eigenvalue weighted by Crippen LogP contribution is -2.05. The van der Waals surface area contributed by atoms with Crippen molar-refractivity contribution in [3.05, 3.63) is 42.2 Å². The van der Waals surface area contributed by atoms with Crippen LogP contribution >= 0.6 is 0 Å². The predicted octanol–water partition coefficient (Wildman–Crippen LogP) is 4.17. The van der Waals surface area contributed by atoms with Crippen molar-refractivity contribution in [3.8, 4) is 0 Å². The number of aryl methyl sites for hydroxylation is 1. The van der Waals surface area contributed by atoms with Crippen LogP contribution in [0.2, 0.25) is 0 Å². The van der Waals surface area contributed by atoms with Crippen LogP contribution < -0.4 is 5.32 Å². The number of hydrogen-bond donors (Lipinski definition) is 1. The standard InChI is InChI=1S/C17H19N3/c1-3-8-19-17-12(4-2)10-13-5-6-14-11-18-9-7-15(14)16(13)20-17/h5-7,9-11H,3-4,8H2,1-2H3,(H,19,20). The predicted molar refractivity (Wildman–Crippen MR) is 85.2 cm³/mol. The lowest BCUT2D eigenvalue weighted by molar-refractivity contribution is 0.962. The van der Waals surface area contributed by atoms with E-state index in [9.17, 15) is 0 Å². The summed E-state index contributed by atoms with van der Waals surface area (Å²) in [7, 11) is 0. The average molecular weight is 265 g/mol. The van der Waals surface area contributed by atoms with E-state index in [1.165, 1.54) is 16.3 Å². The summed E-state index contributed by atoms with van der Waals surface area (Å²) in [5, 5.41) is 6.94. The number of rotatable bonds is 4. The molecular formula is C17H19N3. The highest BCUT2D eigenvalue weighted by atomic mass is 15.0. The van der Waals surface area contributed by atoms with Crippen LogP contribution in [0.5, 0.6) is 0 Å². The van der Waals surface area contributed by atoms with Gasteiger partial charge in [-0.05, 0) is 30.5 Å². The molecule has 0 atom stereocenters. The minimum absolute atomic E-state index is 0.956. The van der Waals surface area contributed by atoms with Gasteiger partial charge in [0.2, 0.25) is 0 Å². The van der Waals surface area contributed by atoms with E-state index >= 15 is 0 Å². The summed E-state index contributed by atoms with van der Waals surface area (Å²) in [4.78, 5) is 9.05. The number of benzene rings is 1. The van der Waals surface area contributed by atoms with Crippen LogP contribution in [0.1, 0.15) is 25.8 Å². The number of nitrogens with zero attached hydrogens (tertiary/aromatic N) is 2. The lowest BCUT2D eigenvalue weighted by atomic mass is 10.1. The van der Waals surface area contributed by atoms with Crippen LogP contribution in [0.25, 0.3) is 21.7 Å². The van der Waals surface area contributed by atoms with E-state index < -0.39 is 0 Å². The van der Waals surface area contributed by atoms with Gasteiger partial charge in [0, 0.05) is 35.1 Å². The van der Waals surface area contributed by atoms with E-state index in [0.717, 1.165) is 36.1 Å². The molecule has 0 aliphatic heterocycles. The Bertz CT molecular complexity index is 750. The van der Waals surface area contributed by atoms with Crippen LogP contribution in [-0.4, -0.2) is 16.5 Å². The molecule has 0 amide bonds. The Morgan fingerprint density at radius 2 is 1.95 bits per heavy atom. The summed E-state index contributed by atoms with van der Waals surface area (Å²) in [5.41, 5.74) is 2.33. The van der Waals surface area contributed by atoms with Crippen LogP contribution in [-0.2, 0) is 6.42 Å². The number of nitrogens with one attached hydrogen (secondary N) is 1. The summed E-state index contributed by atoms with van der Waals surface area (Å²) in [5.74, 6) is 1.02. The van der Waals surface area contributed by atoms with Gasteiger partial charge in [-0.1, -0.05) is 26.0 Å². The molecule has 2 aromatic heterocycles. The van der Waals surface area contributed by atoms with Crippen molar-refractivity contribution in [1.29, 1.82) is 0 Å². The monoisotopic (exact) mass is 265 g/mol. The maximum atomic E-state index is 4.87. The van der Waals surface area contributed by atoms with Crippen molar-refractivity contribution in [3.63, 3.8) is 0 Å². The summed E-state index contributed by atoms with van der Waals surface area (Å²) in [6.07, 6.45) is 5.81. The van der Waals surface area contributed by atoms with Gasteiger partial charge >= 0.3 is 0 Å². The lowest BCUT2D eigenvalue weighted by Gasteiger charge is -2.12. The van der Waals surface area contributed by atoms with Crippen molar-refractivity contribution >= 4 is 27.5 Å². The highest BCUT2D eigenvalue weighted by Gasteiger charge is 2.08. The Hall–Kier alpha value is -2.16. The van der Waals surface area contributed by atoms with Gasteiger partial charge in [-0.2, -0.15) is 0 Å². The third kappa shape index (κ3) is 2.20. The van der Waals surface area contributed by atoms with Gasteiger partial charge in [0.15, 0.2) is 0 Å². The van der Waals surface area contributed by atoms with Crippen LogP contribution in [0.15, 0.2) is 36.7 Å². The zero-order chi connectivity index (χ0) is 13.9. The average Bonchev–Trinajstić information content (AvgIpc) is 2.51. The Balaban J connectivity index is 2.25. The van der Waals surface area contributed by atoms with Gasteiger partial charge in [0.05, 0.1) is 5.52 Å². The van der Waals surface area contributed by atoms with Gasteiger partial charge in [-0.15, -0.1) is 0 Å². The normalized spacial score (nSPS) is 11.1. The second kappa shape index (κ2) is 5.45. The third-order valence-corrected chi connectivity index (χ3v) is 3.60. The maximum absolute atomic E-state index is 4.87. The third-order valence-electron chi connectivity index (χ3n) is 3.60. The zero-order valence-electron chi connectivity index (χ0n) is 12.0. The molecule has 3 aromatic rings. The fourth-order valence-corrected chi connectivity index (χ4v) is 2.52. The molecule has 0 unspecified atom stereocenters. The van der Waals surface area contributed by atoms with Gasteiger partial charge in [0.1, 0.15) is 5.82 Å². The summed E-state index contributed by atoms with van der Waals surface area (Å²) >= 11 is 0. The number of anilines is 1. The first-order valence-electron chi connectivity index (χ1n) is 7.23. The highest BCUT2D eigenvalue weighted by molar-refractivity contribution is 6.05. The minimum Gasteiger partial charge on any atom is -0.370 e. The Morgan fingerprint density at radius 3 is 2.75 bits per heavy atom. The zero-order valence-corrected chi connectivity index (χ0v) is 12.0. The van der Waals surface area contributed by atoms with E-state index in [2.05, 4.69) is 42.3 Å². The molecular weight excluding hydrogens is 246 g/mol. The largest absolute Gasteiger partial charge is 0.370 e. The molecule has 0 spiro atoms. The molecule has 0 saturated heterocycles. The Kier molecular flexibility index (Phi) is 3.50. The second-order valence-corrected chi connectivity index (χ2v) is 5.01. The molecule has 0 fully saturated rings. The molecule has 3 rings (SSSR count). The molecule has 1 N–H and O–H groups in total. The van der Waals surface area contributed by atoms with Gasteiger partial charge in [-0.25, -0.2) is 4.98 Å². The molecule has 0 aliphatic carbocycles. The highest BCUT2D eigenvalue weighted by Crippen LogP contribution is 2.27. The van der Waals surface area contributed by atoms with Gasteiger partial charge in [0.25, 0.3) is 0 Å². The van der Waals surface area contributed by atoms with E-state index in [4.69, 9.17) is 4.98 Å². The summed E-state index contributed by atoms with van der Waals surface area (Å²) in [6.45, 7) is 5.30. The van der Waals surface area contributed by atoms with Crippen LogP contribution in [0, 0.1) is 0 Å². The Labute approximate surface area is 119 Å². The van der Waals surface area contributed by atoms with Crippen molar-refractivity contribution in [2.75, 3.05) is 11.9 Å². The van der Waals surface area contributed by atoms with E-state index in [0.29, 0.717) is 0 Å². The first-order chi connectivity index (χ1) is 9.83. The van der Waals surface area contributed by atoms with E-state index in [1.54, 1.807) is 0 Å². The van der Waals surface area contributed by atoms with Crippen molar-refractivity contribution in [1.82, 2.24) is 9.97 Å². The number of hydrogen-bond acceptors (Lipinski definition) is 3. The quantitative estimate of drug-likeness (QED) is 0.719. The van der Waals surface area contributed by atoms with Gasteiger partial charge < -0.3 is 5.32 Å². The van der Waals surface area contributed by atoms with Crippen LogP contribution in [0.4, 0.5) is 5.82 Å². The molecule has 20 heavy (non-hydrogen) atoms. The molecule has 102 valence electrons. The summed E-state index contributed by atoms with van der Waals surface area (Å²) in [6, 6.07) is 8.54. The van der Waals surface area contributed by atoms with Crippen molar-refractivity contribution in [2.24, 2.45) is 0 Å². The molecule has 0 bridgehead atoms. The van der Waals surface area contributed by atoms with Crippen molar-refractivity contribution in [2.45, 2.75) is 26.7 Å². The maximum Gasteiger partial charge on any atom is 0.129 e. The molecule has 0 saturated carbocycles. The molecule has 2 heterocycles. The number of aromatic nitrogens is 2. The SMILES string of the molecule is CCCNc1nc2c(ccc3cnccc32)cc1CC. The molecule has 3 heteroatoms. The van der Waals surface area contributed by atoms with E-state index in [-0.39, 0.29) is 0 Å². The van der Waals surface area contributed by atoms with Crippen LogP contribution in [0.3, 0.4) is 0 Å². The van der Waals surface area contributed by atoms with E-state index in [1.807, 2.05) is 18.5 Å². The minimum atomic E-state index is 0.956. The molecule has 1 aromatic carbocycles. The fourth-order valence-electron chi connectivity index (χ4n) is 2.52. The topological polar surface area (TPSA) is 37.8 Å². The van der Waals surface area contributed by atoms with Crippen molar-refractivity contribution < 1.29 is 0 Å². The summed E-state index contributed by atoms with van der Waals surface area (Å²) < 4.78 is 0. The Morgan fingerprint density at radius 1 is 1.10 bits per heavy atom. The molecule has 0 aliphatic rings. The molecule has 3 nitrogen and oxygen atoms in total. The second-order valence-electron chi connectivity index (χ2n) is 5.01. The molecule has 0 radical (unpaired) electrons. The smallest absolute Gasteiger partial charge is 0.129 e. The fraction of sp³-hybridized carbons (Fsp3) is 0.294. The first-order valence-corrected chi connectivity index (χ1v) is 7.23. The number of pyridine rings is 2.